The van der Waals surface area contributed by atoms with Crippen LogP contribution in [0, 0.1) is 0 Å². The highest BCUT2D eigenvalue weighted by Crippen LogP contribution is 2.15. The zero-order valence-electron chi connectivity index (χ0n) is 5.45. The molecule has 1 unspecified atom stereocenters. The van der Waals surface area contributed by atoms with Gasteiger partial charge in [0.25, 0.3) is 0 Å². The minimum atomic E-state index is -0.997. The SMILES string of the molecule is CC(N)(Cl)c1ncncn1. The molecule has 0 fully saturated rings. The minimum absolute atomic E-state index is 0.379. The third-order valence-electron chi connectivity index (χ3n) is 0.931. The predicted octanol–water partition coefficient (Wildman–Crippen LogP) is 0.242. The summed E-state index contributed by atoms with van der Waals surface area (Å²) in [6.07, 6.45) is 2.71. The van der Waals surface area contributed by atoms with E-state index in [9.17, 15) is 0 Å². The lowest BCUT2D eigenvalue weighted by molar-refractivity contribution is 0.651. The number of halogens is 1. The Bertz CT molecular complexity index is 205. The lowest BCUT2D eigenvalue weighted by Crippen LogP contribution is -2.28. The first kappa shape index (κ1) is 7.37. The Hall–Kier alpha value is -0.740. The molecule has 0 aliphatic carbocycles. The van der Waals surface area contributed by atoms with Crippen LogP contribution in [0.25, 0.3) is 0 Å². The largest absolute Gasteiger partial charge is 0.307 e. The Morgan fingerprint density at radius 2 is 2.00 bits per heavy atom. The molecule has 1 rings (SSSR count). The lowest BCUT2D eigenvalue weighted by atomic mass is 10.3. The average molecular weight is 159 g/mol. The monoisotopic (exact) mass is 158 g/mol. The van der Waals surface area contributed by atoms with E-state index < -0.39 is 5.00 Å². The van der Waals surface area contributed by atoms with Crippen LogP contribution in [0.4, 0.5) is 0 Å². The maximum absolute atomic E-state index is 5.68. The van der Waals surface area contributed by atoms with Crippen LogP contribution < -0.4 is 5.73 Å². The quantitative estimate of drug-likeness (QED) is 0.470. The van der Waals surface area contributed by atoms with Crippen LogP contribution in [0.5, 0.6) is 0 Å². The third kappa shape index (κ3) is 1.62. The van der Waals surface area contributed by atoms with Gasteiger partial charge in [-0.05, 0) is 6.92 Å². The van der Waals surface area contributed by atoms with Gasteiger partial charge in [-0.1, -0.05) is 11.6 Å². The molecule has 0 spiro atoms. The maximum Gasteiger partial charge on any atom is 0.166 e. The van der Waals surface area contributed by atoms with Gasteiger partial charge in [-0.3, -0.25) is 0 Å². The zero-order valence-corrected chi connectivity index (χ0v) is 6.21. The topological polar surface area (TPSA) is 64.7 Å². The zero-order chi connectivity index (χ0) is 7.61. The van der Waals surface area contributed by atoms with Crippen LogP contribution >= 0.6 is 11.6 Å². The number of hydrogen-bond acceptors (Lipinski definition) is 4. The summed E-state index contributed by atoms with van der Waals surface area (Å²) in [4.78, 5) is 10.2. The van der Waals surface area contributed by atoms with Gasteiger partial charge in [0.2, 0.25) is 0 Å². The molecule has 0 saturated heterocycles. The van der Waals surface area contributed by atoms with Crippen molar-refractivity contribution in [1.82, 2.24) is 15.0 Å². The normalized spacial score (nSPS) is 16.3. The second-order valence-corrected chi connectivity index (χ2v) is 2.82. The van der Waals surface area contributed by atoms with Crippen LogP contribution in [0.15, 0.2) is 12.7 Å². The molecule has 0 radical (unpaired) electrons. The highest BCUT2D eigenvalue weighted by molar-refractivity contribution is 6.22. The molecule has 1 atom stereocenters. The van der Waals surface area contributed by atoms with Gasteiger partial charge in [0.1, 0.15) is 17.7 Å². The molecule has 4 nitrogen and oxygen atoms in total. The van der Waals surface area contributed by atoms with Gasteiger partial charge in [-0.15, -0.1) is 0 Å². The van der Waals surface area contributed by atoms with E-state index in [0.29, 0.717) is 5.82 Å². The van der Waals surface area contributed by atoms with Crippen molar-refractivity contribution >= 4 is 11.6 Å². The van der Waals surface area contributed by atoms with Crippen molar-refractivity contribution in [2.45, 2.75) is 11.9 Å². The molecule has 1 aromatic rings. The summed E-state index contributed by atoms with van der Waals surface area (Å²) in [6.45, 7) is 1.61. The molecule has 54 valence electrons. The van der Waals surface area contributed by atoms with Crippen molar-refractivity contribution in [2.75, 3.05) is 0 Å². The van der Waals surface area contributed by atoms with E-state index in [-0.39, 0.29) is 0 Å². The maximum atomic E-state index is 5.68. The molecule has 1 heterocycles. The molecular formula is C5H7ClN4. The predicted molar refractivity (Wildman–Crippen MR) is 37.2 cm³/mol. The first-order valence-corrected chi connectivity index (χ1v) is 3.09. The number of nitrogens with zero attached hydrogens (tertiary/aromatic N) is 3. The summed E-state index contributed by atoms with van der Waals surface area (Å²) in [6, 6.07) is 0. The molecule has 0 aliphatic heterocycles. The van der Waals surface area contributed by atoms with Crippen LogP contribution in [0.3, 0.4) is 0 Å². The van der Waals surface area contributed by atoms with Crippen molar-refractivity contribution in [3.05, 3.63) is 18.5 Å². The second kappa shape index (κ2) is 2.48. The summed E-state index contributed by atoms with van der Waals surface area (Å²) in [5, 5.41) is 0. The van der Waals surface area contributed by atoms with E-state index in [4.69, 9.17) is 17.3 Å². The van der Waals surface area contributed by atoms with Gasteiger partial charge in [0, 0.05) is 0 Å². The van der Waals surface area contributed by atoms with Crippen molar-refractivity contribution in [1.29, 1.82) is 0 Å². The van der Waals surface area contributed by atoms with Crippen molar-refractivity contribution in [3.63, 3.8) is 0 Å². The molecule has 10 heavy (non-hydrogen) atoms. The second-order valence-electron chi connectivity index (χ2n) is 2.04. The lowest BCUT2D eigenvalue weighted by Gasteiger charge is -2.11. The first-order chi connectivity index (χ1) is 4.61. The standard InChI is InChI=1S/C5H7ClN4/c1-5(6,7)4-9-2-8-3-10-4/h2-3H,7H2,1H3. The van der Waals surface area contributed by atoms with E-state index in [0.717, 1.165) is 0 Å². The number of aromatic nitrogens is 3. The van der Waals surface area contributed by atoms with Crippen molar-refractivity contribution < 1.29 is 0 Å². The fraction of sp³-hybridized carbons (Fsp3) is 0.400. The fourth-order valence-corrected chi connectivity index (χ4v) is 0.589. The summed E-state index contributed by atoms with van der Waals surface area (Å²) in [5.41, 5.74) is 5.47. The summed E-state index contributed by atoms with van der Waals surface area (Å²) in [7, 11) is 0. The third-order valence-corrected chi connectivity index (χ3v) is 1.10. The molecule has 0 amide bonds. The molecule has 0 aliphatic rings. The number of nitrogens with two attached hydrogens (primary N) is 1. The van der Waals surface area contributed by atoms with E-state index in [1.54, 1.807) is 6.92 Å². The van der Waals surface area contributed by atoms with Gasteiger partial charge in [-0.25, -0.2) is 15.0 Å². The average Bonchev–Trinajstić information content (AvgIpc) is 1.88. The summed E-state index contributed by atoms with van der Waals surface area (Å²) in [5.74, 6) is 0.379. The highest BCUT2D eigenvalue weighted by atomic mass is 35.5. The van der Waals surface area contributed by atoms with E-state index in [2.05, 4.69) is 15.0 Å². The highest BCUT2D eigenvalue weighted by Gasteiger charge is 2.19. The Morgan fingerprint density at radius 1 is 1.50 bits per heavy atom. The van der Waals surface area contributed by atoms with Crippen molar-refractivity contribution in [3.8, 4) is 0 Å². The summed E-state index contributed by atoms with van der Waals surface area (Å²) >= 11 is 5.68. The molecule has 0 aromatic carbocycles. The molecule has 2 N–H and O–H groups in total. The fourth-order valence-electron chi connectivity index (χ4n) is 0.492. The van der Waals surface area contributed by atoms with Gasteiger partial charge >= 0.3 is 0 Å². The van der Waals surface area contributed by atoms with Crippen LogP contribution in [-0.2, 0) is 5.00 Å². The smallest absolute Gasteiger partial charge is 0.166 e. The molecule has 0 bridgehead atoms. The van der Waals surface area contributed by atoms with E-state index >= 15 is 0 Å². The van der Waals surface area contributed by atoms with Gasteiger partial charge in [-0.2, -0.15) is 0 Å². The number of rotatable bonds is 1. The summed E-state index contributed by atoms with van der Waals surface area (Å²) < 4.78 is 0. The van der Waals surface area contributed by atoms with Crippen LogP contribution in [0.1, 0.15) is 12.7 Å². The molecular weight excluding hydrogens is 152 g/mol. The van der Waals surface area contributed by atoms with Crippen LogP contribution in [0.2, 0.25) is 0 Å². The van der Waals surface area contributed by atoms with Gasteiger partial charge in [0.05, 0.1) is 0 Å². The van der Waals surface area contributed by atoms with E-state index in [1.165, 1.54) is 12.7 Å². The van der Waals surface area contributed by atoms with Crippen LogP contribution in [-0.4, -0.2) is 15.0 Å². The molecule has 0 saturated carbocycles. The Labute approximate surface area is 63.5 Å². The van der Waals surface area contributed by atoms with Crippen molar-refractivity contribution in [2.24, 2.45) is 5.73 Å². The molecule has 5 heteroatoms. The minimum Gasteiger partial charge on any atom is -0.307 e. The Morgan fingerprint density at radius 3 is 2.30 bits per heavy atom. The first-order valence-electron chi connectivity index (χ1n) is 2.71. The van der Waals surface area contributed by atoms with E-state index in [1.807, 2.05) is 0 Å². The number of alkyl halides is 1. The van der Waals surface area contributed by atoms with Gasteiger partial charge < -0.3 is 5.73 Å². The Kier molecular flexibility index (Phi) is 1.82. The Balaban J connectivity index is 2.97. The van der Waals surface area contributed by atoms with Gasteiger partial charge in [0.15, 0.2) is 5.82 Å². The molecule has 1 aromatic heterocycles. The number of hydrogen-bond donors (Lipinski definition) is 1.